The maximum absolute atomic E-state index is 12.7. The Hall–Kier alpha value is -1.72. The van der Waals surface area contributed by atoms with Crippen LogP contribution in [0.1, 0.15) is 33.3 Å². The van der Waals surface area contributed by atoms with Gasteiger partial charge >= 0.3 is 6.18 Å². The van der Waals surface area contributed by atoms with E-state index in [0.29, 0.717) is 6.54 Å². The zero-order valence-electron chi connectivity index (χ0n) is 12.6. The number of hydrogen-bond acceptors (Lipinski definition) is 2. The largest absolute Gasteiger partial charge is 0.416 e. The first-order chi connectivity index (χ1) is 9.55. The van der Waals surface area contributed by atoms with Gasteiger partial charge in [0.25, 0.3) is 0 Å². The van der Waals surface area contributed by atoms with E-state index in [1.165, 1.54) is 12.1 Å². The third-order valence-electron chi connectivity index (χ3n) is 2.98. The van der Waals surface area contributed by atoms with E-state index in [2.05, 4.69) is 10.6 Å². The number of amides is 1. The molecule has 1 amide bonds. The second-order valence-corrected chi connectivity index (χ2v) is 5.92. The van der Waals surface area contributed by atoms with E-state index in [4.69, 9.17) is 0 Å². The summed E-state index contributed by atoms with van der Waals surface area (Å²) in [5, 5.41) is 5.60. The van der Waals surface area contributed by atoms with Crippen LogP contribution in [0.4, 0.5) is 18.9 Å². The Bertz CT molecular complexity index is 492. The molecule has 3 nitrogen and oxygen atoms in total. The molecule has 0 aromatic heterocycles. The molecule has 1 atom stereocenters. The van der Waals surface area contributed by atoms with Gasteiger partial charge in [0.15, 0.2) is 0 Å². The fourth-order valence-electron chi connectivity index (χ4n) is 1.90. The van der Waals surface area contributed by atoms with Crippen molar-refractivity contribution in [3.05, 3.63) is 29.8 Å². The van der Waals surface area contributed by atoms with Gasteiger partial charge in [0.1, 0.15) is 6.04 Å². The van der Waals surface area contributed by atoms with Crippen LogP contribution in [-0.2, 0) is 11.0 Å². The third-order valence-corrected chi connectivity index (χ3v) is 2.98. The second-order valence-electron chi connectivity index (χ2n) is 5.92. The van der Waals surface area contributed by atoms with Gasteiger partial charge in [-0.2, -0.15) is 13.2 Å². The van der Waals surface area contributed by atoms with Crippen molar-refractivity contribution in [2.24, 2.45) is 5.41 Å². The van der Waals surface area contributed by atoms with Gasteiger partial charge in [0.05, 0.1) is 5.56 Å². The van der Waals surface area contributed by atoms with Crippen molar-refractivity contribution in [1.29, 1.82) is 0 Å². The monoisotopic (exact) mass is 302 g/mol. The number of anilines is 1. The van der Waals surface area contributed by atoms with Crippen molar-refractivity contribution >= 4 is 11.6 Å². The fraction of sp³-hybridized carbons (Fsp3) is 0.533. The van der Waals surface area contributed by atoms with Crippen LogP contribution in [0.2, 0.25) is 0 Å². The summed E-state index contributed by atoms with van der Waals surface area (Å²) in [5.74, 6) is -0.234. The van der Waals surface area contributed by atoms with Crippen molar-refractivity contribution in [3.8, 4) is 0 Å². The SMILES string of the molecule is CCNC(=O)C(Nc1cccc(C(F)(F)F)c1)C(C)(C)C. The number of benzene rings is 1. The lowest BCUT2D eigenvalue weighted by atomic mass is 9.86. The van der Waals surface area contributed by atoms with Gasteiger partial charge in [-0.25, -0.2) is 0 Å². The molecule has 0 fully saturated rings. The molecule has 2 N–H and O–H groups in total. The highest BCUT2D eigenvalue weighted by atomic mass is 19.4. The average molecular weight is 302 g/mol. The molecule has 0 bridgehead atoms. The molecule has 0 radical (unpaired) electrons. The number of halogens is 3. The molecule has 0 spiro atoms. The van der Waals surface area contributed by atoms with Crippen LogP contribution in [0.3, 0.4) is 0 Å². The minimum absolute atomic E-state index is 0.234. The third kappa shape index (κ3) is 4.95. The van der Waals surface area contributed by atoms with Crippen LogP contribution in [0.15, 0.2) is 24.3 Å². The van der Waals surface area contributed by atoms with Crippen LogP contribution in [-0.4, -0.2) is 18.5 Å². The van der Waals surface area contributed by atoms with Gasteiger partial charge in [-0.3, -0.25) is 4.79 Å². The zero-order valence-corrected chi connectivity index (χ0v) is 12.6. The van der Waals surface area contributed by atoms with E-state index in [1.54, 1.807) is 6.92 Å². The summed E-state index contributed by atoms with van der Waals surface area (Å²) >= 11 is 0. The topological polar surface area (TPSA) is 41.1 Å². The van der Waals surface area contributed by atoms with Gasteiger partial charge in [0.2, 0.25) is 5.91 Å². The number of carbonyl (C=O) groups is 1. The predicted molar refractivity (Wildman–Crippen MR) is 77.0 cm³/mol. The number of alkyl halides is 3. The van der Waals surface area contributed by atoms with E-state index in [9.17, 15) is 18.0 Å². The van der Waals surface area contributed by atoms with E-state index < -0.39 is 23.2 Å². The molecule has 21 heavy (non-hydrogen) atoms. The first-order valence-electron chi connectivity index (χ1n) is 6.77. The number of likely N-dealkylation sites (N-methyl/N-ethyl adjacent to an activating group) is 1. The van der Waals surface area contributed by atoms with Gasteiger partial charge in [-0.1, -0.05) is 26.8 Å². The minimum atomic E-state index is -4.40. The molecule has 6 heteroatoms. The van der Waals surface area contributed by atoms with Crippen LogP contribution < -0.4 is 10.6 Å². The van der Waals surface area contributed by atoms with Crippen molar-refractivity contribution in [3.63, 3.8) is 0 Å². The molecule has 0 saturated carbocycles. The maximum Gasteiger partial charge on any atom is 0.416 e. The lowest BCUT2D eigenvalue weighted by molar-refractivity contribution is -0.137. The Labute approximate surface area is 122 Å². The minimum Gasteiger partial charge on any atom is -0.373 e. The summed E-state index contributed by atoms with van der Waals surface area (Å²) < 4.78 is 38.1. The summed E-state index contributed by atoms with van der Waals surface area (Å²) in [7, 11) is 0. The highest BCUT2D eigenvalue weighted by molar-refractivity contribution is 5.85. The first-order valence-corrected chi connectivity index (χ1v) is 6.77. The molecule has 1 unspecified atom stereocenters. The van der Waals surface area contributed by atoms with Gasteiger partial charge < -0.3 is 10.6 Å². The summed E-state index contributed by atoms with van der Waals surface area (Å²) in [6, 6.07) is 4.23. The number of hydrogen-bond donors (Lipinski definition) is 2. The quantitative estimate of drug-likeness (QED) is 0.891. The van der Waals surface area contributed by atoms with Crippen LogP contribution in [0.25, 0.3) is 0 Å². The van der Waals surface area contributed by atoms with Gasteiger partial charge in [-0.15, -0.1) is 0 Å². The first kappa shape index (κ1) is 17.3. The van der Waals surface area contributed by atoms with E-state index in [-0.39, 0.29) is 11.6 Å². The molecule has 1 rings (SSSR count). The molecule has 0 aliphatic rings. The Balaban J connectivity index is 3.02. The molecule has 0 heterocycles. The maximum atomic E-state index is 12.7. The van der Waals surface area contributed by atoms with Crippen molar-refractivity contribution in [2.45, 2.75) is 39.9 Å². The smallest absolute Gasteiger partial charge is 0.373 e. The lowest BCUT2D eigenvalue weighted by Crippen LogP contribution is -2.47. The zero-order chi connectivity index (χ0) is 16.3. The van der Waals surface area contributed by atoms with Gasteiger partial charge in [-0.05, 0) is 30.5 Å². The Kier molecular flexibility index (Phi) is 5.25. The Morgan fingerprint density at radius 1 is 1.24 bits per heavy atom. The van der Waals surface area contributed by atoms with Crippen LogP contribution in [0, 0.1) is 5.41 Å². The van der Waals surface area contributed by atoms with Crippen molar-refractivity contribution in [2.75, 3.05) is 11.9 Å². The number of carbonyl (C=O) groups excluding carboxylic acids is 1. The molecule has 0 aliphatic carbocycles. The van der Waals surface area contributed by atoms with Crippen LogP contribution in [0.5, 0.6) is 0 Å². The normalized spacial score (nSPS) is 13.7. The summed E-state index contributed by atoms with van der Waals surface area (Å²) in [5.41, 5.74) is -0.903. The molecule has 1 aromatic carbocycles. The fourth-order valence-corrected chi connectivity index (χ4v) is 1.90. The highest BCUT2D eigenvalue weighted by Gasteiger charge is 2.33. The predicted octanol–water partition coefficient (Wildman–Crippen LogP) is 3.67. The van der Waals surface area contributed by atoms with Gasteiger partial charge in [0, 0.05) is 12.2 Å². The number of rotatable bonds is 4. The number of nitrogens with one attached hydrogen (secondary N) is 2. The standard InChI is InChI=1S/C15H21F3N2O/c1-5-19-13(21)12(14(2,3)4)20-11-8-6-7-10(9-11)15(16,17)18/h6-9,12,20H,5H2,1-4H3,(H,19,21). The molecule has 1 aromatic rings. The molecule has 0 saturated heterocycles. The van der Waals surface area contributed by atoms with Crippen molar-refractivity contribution in [1.82, 2.24) is 5.32 Å². The summed E-state index contributed by atoms with van der Waals surface area (Å²) in [6.45, 7) is 7.83. The molecular weight excluding hydrogens is 281 g/mol. The Morgan fingerprint density at radius 3 is 2.33 bits per heavy atom. The van der Waals surface area contributed by atoms with E-state index >= 15 is 0 Å². The second kappa shape index (κ2) is 6.37. The van der Waals surface area contributed by atoms with E-state index in [1.807, 2.05) is 20.8 Å². The lowest BCUT2D eigenvalue weighted by Gasteiger charge is -2.31. The van der Waals surface area contributed by atoms with E-state index in [0.717, 1.165) is 12.1 Å². The van der Waals surface area contributed by atoms with Crippen LogP contribution >= 0.6 is 0 Å². The summed E-state index contributed by atoms with van der Waals surface area (Å²) in [6.07, 6.45) is -4.40. The molecule has 0 aliphatic heterocycles. The molecule has 118 valence electrons. The Morgan fingerprint density at radius 2 is 1.86 bits per heavy atom. The highest BCUT2D eigenvalue weighted by Crippen LogP contribution is 2.31. The van der Waals surface area contributed by atoms with Crippen molar-refractivity contribution < 1.29 is 18.0 Å². The summed E-state index contributed by atoms with van der Waals surface area (Å²) in [4.78, 5) is 12.1. The average Bonchev–Trinajstić information content (AvgIpc) is 2.34. The molecular formula is C15H21F3N2O.